The first-order valence-electron chi connectivity index (χ1n) is 7.60. The van der Waals surface area contributed by atoms with Gasteiger partial charge in [-0.1, -0.05) is 60.2 Å². The minimum Gasteiger partial charge on any atom is -0.354 e. The van der Waals surface area contributed by atoms with Crippen LogP contribution in [0.1, 0.15) is 22.7 Å². The summed E-state index contributed by atoms with van der Waals surface area (Å²) in [7, 11) is 4.06. The Morgan fingerprint density at radius 3 is 2.45 bits per heavy atom. The molecule has 0 radical (unpaired) electrons. The summed E-state index contributed by atoms with van der Waals surface area (Å²) in [6, 6.07) is 18.5. The number of hydrogen-bond donors (Lipinski definition) is 1. The van der Waals surface area contributed by atoms with Gasteiger partial charge in [0.25, 0.3) is 0 Å². The molecule has 1 N–H and O–H groups in total. The number of aryl methyl sites for hydroxylation is 1. The highest BCUT2D eigenvalue weighted by molar-refractivity contribution is 5.78. The van der Waals surface area contributed by atoms with Crippen molar-refractivity contribution in [1.82, 2.24) is 10.2 Å². The maximum Gasteiger partial charge on any atom is 0.224 e. The molecule has 0 aliphatic rings. The second-order valence-electron chi connectivity index (χ2n) is 5.86. The van der Waals surface area contributed by atoms with E-state index in [-0.39, 0.29) is 11.9 Å². The molecule has 0 aliphatic heterocycles. The third-order valence-electron chi connectivity index (χ3n) is 3.75. The van der Waals surface area contributed by atoms with Gasteiger partial charge in [0.1, 0.15) is 0 Å². The molecule has 2 aromatic rings. The number of amides is 1. The maximum absolute atomic E-state index is 12.2. The molecule has 0 spiro atoms. The normalized spacial score (nSPS) is 12.2. The molecule has 0 saturated heterocycles. The highest BCUT2D eigenvalue weighted by atomic mass is 16.1. The Balaban J connectivity index is 1.94. The van der Waals surface area contributed by atoms with Crippen LogP contribution in [-0.2, 0) is 11.2 Å². The van der Waals surface area contributed by atoms with Crippen LogP contribution < -0.4 is 5.32 Å². The van der Waals surface area contributed by atoms with Gasteiger partial charge < -0.3 is 10.2 Å². The van der Waals surface area contributed by atoms with Crippen LogP contribution in [0.5, 0.6) is 0 Å². The van der Waals surface area contributed by atoms with E-state index in [0.29, 0.717) is 13.0 Å². The van der Waals surface area contributed by atoms with E-state index in [1.807, 2.05) is 57.4 Å². The second-order valence-corrected chi connectivity index (χ2v) is 5.86. The lowest BCUT2D eigenvalue weighted by molar-refractivity contribution is -0.120. The SMILES string of the molecule is Cc1cccc(CC(=O)NC[C@H](c2ccccc2)N(C)C)c1. The first-order valence-corrected chi connectivity index (χ1v) is 7.60. The van der Waals surface area contributed by atoms with E-state index >= 15 is 0 Å². The number of hydrogen-bond acceptors (Lipinski definition) is 2. The van der Waals surface area contributed by atoms with Crippen LogP contribution in [0.15, 0.2) is 54.6 Å². The molecule has 3 heteroatoms. The Labute approximate surface area is 133 Å². The molecule has 22 heavy (non-hydrogen) atoms. The number of nitrogens with zero attached hydrogens (tertiary/aromatic N) is 1. The summed E-state index contributed by atoms with van der Waals surface area (Å²) in [6.07, 6.45) is 0.427. The zero-order chi connectivity index (χ0) is 15.9. The molecule has 0 heterocycles. The zero-order valence-electron chi connectivity index (χ0n) is 13.5. The summed E-state index contributed by atoms with van der Waals surface area (Å²) in [5.41, 5.74) is 3.45. The number of nitrogens with one attached hydrogen (secondary N) is 1. The first-order chi connectivity index (χ1) is 10.6. The lowest BCUT2D eigenvalue weighted by atomic mass is 10.1. The molecule has 0 fully saturated rings. The molecular formula is C19H24N2O. The molecule has 0 saturated carbocycles. The molecule has 116 valence electrons. The van der Waals surface area contributed by atoms with E-state index in [0.717, 1.165) is 5.56 Å². The molecule has 0 bridgehead atoms. The van der Waals surface area contributed by atoms with Gasteiger partial charge in [-0.15, -0.1) is 0 Å². The van der Waals surface area contributed by atoms with Crippen LogP contribution >= 0.6 is 0 Å². The average Bonchev–Trinajstić information content (AvgIpc) is 2.48. The van der Waals surface area contributed by atoms with E-state index in [4.69, 9.17) is 0 Å². The smallest absolute Gasteiger partial charge is 0.224 e. The zero-order valence-corrected chi connectivity index (χ0v) is 13.5. The molecule has 0 aliphatic carbocycles. The van der Waals surface area contributed by atoms with E-state index in [1.165, 1.54) is 11.1 Å². The van der Waals surface area contributed by atoms with Crippen molar-refractivity contribution in [2.75, 3.05) is 20.6 Å². The van der Waals surface area contributed by atoms with Crippen LogP contribution in [0.2, 0.25) is 0 Å². The van der Waals surface area contributed by atoms with Gasteiger partial charge in [-0.25, -0.2) is 0 Å². The number of carbonyl (C=O) groups is 1. The van der Waals surface area contributed by atoms with Gasteiger partial charge in [0.15, 0.2) is 0 Å². The average molecular weight is 296 g/mol. The summed E-state index contributed by atoms with van der Waals surface area (Å²) in [5, 5.41) is 3.05. The molecule has 0 unspecified atom stereocenters. The van der Waals surface area contributed by atoms with Crippen molar-refractivity contribution in [3.63, 3.8) is 0 Å². The van der Waals surface area contributed by atoms with Crippen molar-refractivity contribution in [2.24, 2.45) is 0 Å². The first kappa shape index (κ1) is 16.2. The van der Waals surface area contributed by atoms with Crippen molar-refractivity contribution in [1.29, 1.82) is 0 Å². The monoisotopic (exact) mass is 296 g/mol. The van der Waals surface area contributed by atoms with Crippen molar-refractivity contribution < 1.29 is 4.79 Å². The Kier molecular flexibility index (Phi) is 5.73. The van der Waals surface area contributed by atoms with Crippen LogP contribution in [0.3, 0.4) is 0 Å². The standard InChI is InChI=1S/C19H24N2O/c1-15-8-7-9-16(12-15)13-19(22)20-14-18(21(2)3)17-10-5-4-6-11-17/h4-12,18H,13-14H2,1-3H3,(H,20,22)/t18-/m1/s1. The molecule has 2 rings (SSSR count). The van der Waals surface area contributed by atoms with Crippen molar-refractivity contribution in [3.05, 3.63) is 71.3 Å². The van der Waals surface area contributed by atoms with Crippen LogP contribution in [0, 0.1) is 6.92 Å². The number of rotatable bonds is 6. The van der Waals surface area contributed by atoms with E-state index in [9.17, 15) is 4.79 Å². The summed E-state index contributed by atoms with van der Waals surface area (Å²) in [5.74, 6) is 0.0633. The summed E-state index contributed by atoms with van der Waals surface area (Å²) in [4.78, 5) is 14.3. The summed E-state index contributed by atoms with van der Waals surface area (Å²) >= 11 is 0. The van der Waals surface area contributed by atoms with Gasteiger partial charge in [-0.05, 0) is 32.1 Å². The lowest BCUT2D eigenvalue weighted by Gasteiger charge is -2.25. The fraction of sp³-hybridized carbons (Fsp3) is 0.316. The molecule has 0 aromatic heterocycles. The van der Waals surface area contributed by atoms with Gasteiger partial charge >= 0.3 is 0 Å². The Morgan fingerprint density at radius 2 is 1.82 bits per heavy atom. The third-order valence-corrected chi connectivity index (χ3v) is 3.75. The minimum absolute atomic E-state index is 0.0633. The quantitative estimate of drug-likeness (QED) is 0.889. The van der Waals surface area contributed by atoms with Gasteiger partial charge in [-0.2, -0.15) is 0 Å². The van der Waals surface area contributed by atoms with Gasteiger partial charge in [0.2, 0.25) is 5.91 Å². The van der Waals surface area contributed by atoms with Crippen molar-refractivity contribution >= 4 is 5.91 Å². The predicted molar refractivity (Wildman–Crippen MR) is 90.8 cm³/mol. The topological polar surface area (TPSA) is 32.3 Å². The molecule has 1 atom stereocenters. The Morgan fingerprint density at radius 1 is 1.09 bits per heavy atom. The van der Waals surface area contributed by atoms with Gasteiger partial charge in [-0.3, -0.25) is 4.79 Å². The van der Waals surface area contributed by atoms with Gasteiger partial charge in [0.05, 0.1) is 12.5 Å². The second kappa shape index (κ2) is 7.76. The fourth-order valence-electron chi connectivity index (χ4n) is 2.55. The highest BCUT2D eigenvalue weighted by Crippen LogP contribution is 2.16. The molecule has 2 aromatic carbocycles. The van der Waals surface area contributed by atoms with Crippen molar-refractivity contribution in [3.8, 4) is 0 Å². The van der Waals surface area contributed by atoms with Crippen LogP contribution in [0.4, 0.5) is 0 Å². The van der Waals surface area contributed by atoms with E-state index in [1.54, 1.807) is 0 Å². The van der Waals surface area contributed by atoms with E-state index < -0.39 is 0 Å². The molecule has 1 amide bonds. The lowest BCUT2D eigenvalue weighted by Crippen LogP contribution is -2.35. The summed E-state index contributed by atoms with van der Waals surface area (Å²) in [6.45, 7) is 2.65. The van der Waals surface area contributed by atoms with E-state index in [2.05, 4.69) is 28.4 Å². The fourth-order valence-corrected chi connectivity index (χ4v) is 2.55. The summed E-state index contributed by atoms with van der Waals surface area (Å²) < 4.78 is 0. The van der Waals surface area contributed by atoms with Crippen LogP contribution in [-0.4, -0.2) is 31.4 Å². The Bertz CT molecular complexity index is 608. The predicted octanol–water partition coefficient (Wildman–Crippen LogP) is 2.96. The molecule has 3 nitrogen and oxygen atoms in total. The highest BCUT2D eigenvalue weighted by Gasteiger charge is 2.15. The number of carbonyl (C=O) groups excluding carboxylic acids is 1. The third kappa shape index (κ3) is 4.71. The number of likely N-dealkylation sites (N-methyl/N-ethyl adjacent to an activating group) is 1. The van der Waals surface area contributed by atoms with Gasteiger partial charge in [0, 0.05) is 6.54 Å². The van der Waals surface area contributed by atoms with Crippen LogP contribution in [0.25, 0.3) is 0 Å². The molecular weight excluding hydrogens is 272 g/mol. The largest absolute Gasteiger partial charge is 0.354 e. The Hall–Kier alpha value is -2.13. The maximum atomic E-state index is 12.2. The minimum atomic E-state index is 0.0633. The van der Waals surface area contributed by atoms with Crippen molar-refractivity contribution in [2.45, 2.75) is 19.4 Å². The number of benzene rings is 2.